The molecule has 0 atom stereocenters. The van der Waals surface area contributed by atoms with Crippen molar-refractivity contribution in [2.24, 2.45) is 11.8 Å². The van der Waals surface area contributed by atoms with Crippen molar-refractivity contribution >= 4 is 17.2 Å². The Morgan fingerprint density at radius 3 is 1.77 bits per heavy atom. The predicted octanol–water partition coefficient (Wildman–Crippen LogP) is 7.02. The first kappa shape index (κ1) is 20.7. The first-order valence-electron chi connectivity index (χ1n) is 9.60. The van der Waals surface area contributed by atoms with Gasteiger partial charge in [-0.25, -0.2) is 0 Å². The lowest BCUT2D eigenvalue weighted by Crippen LogP contribution is -2.31. The van der Waals surface area contributed by atoms with Crippen molar-refractivity contribution in [2.75, 3.05) is 19.6 Å². The van der Waals surface area contributed by atoms with Gasteiger partial charge in [0.2, 0.25) is 0 Å². The van der Waals surface area contributed by atoms with Crippen LogP contribution in [-0.2, 0) is 0 Å². The molecule has 0 bridgehead atoms. The number of rotatable bonds is 8. The van der Waals surface area contributed by atoms with Gasteiger partial charge in [0.15, 0.2) is 0 Å². The maximum absolute atomic E-state index is 5.98. The first-order chi connectivity index (χ1) is 12.3. The number of allylic oxidation sites excluding steroid dienone is 1. The van der Waals surface area contributed by atoms with Gasteiger partial charge >= 0.3 is 0 Å². The molecular weight excluding hydrogens is 338 g/mol. The molecule has 26 heavy (non-hydrogen) atoms. The molecule has 0 aromatic heterocycles. The normalized spacial score (nSPS) is 12.4. The molecule has 140 valence electrons. The van der Waals surface area contributed by atoms with E-state index in [0.717, 1.165) is 24.7 Å². The van der Waals surface area contributed by atoms with Gasteiger partial charge in [-0.3, -0.25) is 4.90 Å². The van der Waals surface area contributed by atoms with Gasteiger partial charge in [-0.2, -0.15) is 0 Å². The average Bonchev–Trinajstić information content (AvgIpc) is 2.59. The second-order valence-corrected chi connectivity index (χ2v) is 8.41. The van der Waals surface area contributed by atoms with E-state index in [1.807, 2.05) is 12.1 Å². The Hall–Kier alpha value is -1.57. The van der Waals surface area contributed by atoms with Crippen molar-refractivity contribution in [2.45, 2.75) is 34.6 Å². The highest BCUT2D eigenvalue weighted by Gasteiger charge is 2.08. The zero-order valence-corrected chi connectivity index (χ0v) is 17.6. The molecule has 0 amide bonds. The number of hydrogen-bond acceptors (Lipinski definition) is 1. The maximum atomic E-state index is 5.98. The topological polar surface area (TPSA) is 3.24 Å². The van der Waals surface area contributed by atoms with E-state index in [-0.39, 0.29) is 0 Å². The van der Waals surface area contributed by atoms with Crippen molar-refractivity contribution in [3.05, 3.63) is 65.2 Å². The standard InChI is InChI=1S/C24H32ClN/c1-18(2)16-26(17-19(3)4)15-14-20(5)21-6-8-22(9-7-21)23-10-12-24(25)13-11-23/h6-14,18-19H,15-17H2,1-5H3. The summed E-state index contributed by atoms with van der Waals surface area (Å²) in [5.41, 5.74) is 5.05. The minimum atomic E-state index is 0.695. The molecule has 2 rings (SSSR count). The summed E-state index contributed by atoms with van der Waals surface area (Å²) >= 11 is 5.98. The molecule has 0 spiro atoms. The van der Waals surface area contributed by atoms with Crippen LogP contribution in [0.4, 0.5) is 0 Å². The number of benzene rings is 2. The van der Waals surface area contributed by atoms with Gasteiger partial charge in [0.05, 0.1) is 0 Å². The summed E-state index contributed by atoms with van der Waals surface area (Å²) < 4.78 is 0. The molecule has 0 aliphatic heterocycles. The molecule has 0 N–H and O–H groups in total. The van der Waals surface area contributed by atoms with Crippen LogP contribution in [0.15, 0.2) is 54.6 Å². The van der Waals surface area contributed by atoms with Crippen LogP contribution in [0.3, 0.4) is 0 Å². The van der Waals surface area contributed by atoms with Crippen LogP contribution in [0.2, 0.25) is 5.02 Å². The van der Waals surface area contributed by atoms with Gasteiger partial charge < -0.3 is 0 Å². The highest BCUT2D eigenvalue weighted by atomic mass is 35.5. The van der Waals surface area contributed by atoms with Crippen LogP contribution in [0.5, 0.6) is 0 Å². The van der Waals surface area contributed by atoms with Gasteiger partial charge in [-0.15, -0.1) is 0 Å². The monoisotopic (exact) mass is 369 g/mol. The third-order valence-electron chi connectivity index (χ3n) is 4.42. The Bertz CT molecular complexity index is 686. The van der Waals surface area contributed by atoms with Crippen LogP contribution in [0.1, 0.15) is 40.2 Å². The second kappa shape index (κ2) is 9.94. The van der Waals surface area contributed by atoms with E-state index in [0.29, 0.717) is 11.8 Å². The minimum absolute atomic E-state index is 0.695. The lowest BCUT2D eigenvalue weighted by molar-refractivity contribution is 0.241. The third kappa shape index (κ3) is 6.63. The Kier molecular flexibility index (Phi) is 7.93. The summed E-state index contributed by atoms with van der Waals surface area (Å²) in [4.78, 5) is 2.56. The van der Waals surface area contributed by atoms with Gasteiger partial charge in [0.25, 0.3) is 0 Å². The van der Waals surface area contributed by atoms with Crippen molar-refractivity contribution in [3.8, 4) is 11.1 Å². The summed E-state index contributed by atoms with van der Waals surface area (Å²) in [6.07, 6.45) is 2.36. The zero-order chi connectivity index (χ0) is 19.1. The van der Waals surface area contributed by atoms with Crippen LogP contribution in [-0.4, -0.2) is 24.5 Å². The number of halogens is 1. The molecule has 0 fully saturated rings. The van der Waals surface area contributed by atoms with Crippen LogP contribution in [0, 0.1) is 11.8 Å². The molecule has 0 saturated heterocycles. The molecule has 0 aliphatic carbocycles. The summed E-state index contributed by atoms with van der Waals surface area (Å²) in [6, 6.07) is 16.8. The predicted molar refractivity (Wildman–Crippen MR) is 117 cm³/mol. The molecular formula is C24H32ClN. The van der Waals surface area contributed by atoms with E-state index < -0.39 is 0 Å². The average molecular weight is 370 g/mol. The molecule has 0 saturated carbocycles. The lowest BCUT2D eigenvalue weighted by Gasteiger charge is -2.25. The Morgan fingerprint density at radius 2 is 1.31 bits per heavy atom. The molecule has 0 aliphatic rings. The number of nitrogens with zero attached hydrogens (tertiary/aromatic N) is 1. The van der Waals surface area contributed by atoms with Gasteiger partial charge in [0, 0.05) is 24.7 Å². The van der Waals surface area contributed by atoms with Crippen molar-refractivity contribution in [1.29, 1.82) is 0 Å². The molecule has 2 aromatic rings. The fourth-order valence-corrected chi connectivity index (χ4v) is 3.33. The fourth-order valence-electron chi connectivity index (χ4n) is 3.21. The quantitative estimate of drug-likeness (QED) is 0.483. The van der Waals surface area contributed by atoms with E-state index in [1.165, 1.54) is 22.3 Å². The molecule has 2 aromatic carbocycles. The van der Waals surface area contributed by atoms with Gasteiger partial charge in [-0.05, 0) is 53.2 Å². The second-order valence-electron chi connectivity index (χ2n) is 7.98. The SMILES string of the molecule is CC(=CCN(CC(C)C)CC(C)C)c1ccc(-c2ccc(Cl)cc2)cc1. The van der Waals surface area contributed by atoms with Crippen molar-refractivity contribution in [3.63, 3.8) is 0 Å². The number of hydrogen-bond donors (Lipinski definition) is 0. The van der Waals surface area contributed by atoms with E-state index in [9.17, 15) is 0 Å². The van der Waals surface area contributed by atoms with Crippen LogP contribution < -0.4 is 0 Å². The summed E-state index contributed by atoms with van der Waals surface area (Å²) in [5.74, 6) is 1.39. The smallest absolute Gasteiger partial charge is 0.0406 e. The Labute approximate surface area is 164 Å². The van der Waals surface area contributed by atoms with E-state index in [4.69, 9.17) is 11.6 Å². The summed E-state index contributed by atoms with van der Waals surface area (Å²) in [7, 11) is 0. The van der Waals surface area contributed by atoms with Gasteiger partial charge in [-0.1, -0.05) is 81.8 Å². The highest BCUT2D eigenvalue weighted by Crippen LogP contribution is 2.24. The van der Waals surface area contributed by atoms with Crippen molar-refractivity contribution < 1.29 is 0 Å². The summed E-state index contributed by atoms with van der Waals surface area (Å²) in [5, 5.41) is 0.775. The largest absolute Gasteiger partial charge is 0.299 e. The van der Waals surface area contributed by atoms with Crippen LogP contribution in [0.25, 0.3) is 16.7 Å². The Balaban J connectivity index is 2.06. The first-order valence-corrected chi connectivity index (χ1v) is 9.98. The maximum Gasteiger partial charge on any atom is 0.0406 e. The third-order valence-corrected chi connectivity index (χ3v) is 4.67. The zero-order valence-electron chi connectivity index (χ0n) is 16.8. The molecule has 0 heterocycles. The molecule has 0 unspecified atom stereocenters. The molecule has 1 nitrogen and oxygen atoms in total. The highest BCUT2D eigenvalue weighted by molar-refractivity contribution is 6.30. The molecule has 2 heteroatoms. The van der Waals surface area contributed by atoms with E-state index in [1.54, 1.807) is 0 Å². The van der Waals surface area contributed by atoms with Crippen molar-refractivity contribution in [1.82, 2.24) is 4.90 Å². The van der Waals surface area contributed by atoms with E-state index in [2.05, 4.69) is 82.0 Å². The van der Waals surface area contributed by atoms with Gasteiger partial charge in [0.1, 0.15) is 0 Å². The minimum Gasteiger partial charge on any atom is -0.299 e. The van der Waals surface area contributed by atoms with Crippen LogP contribution >= 0.6 is 11.6 Å². The molecule has 0 radical (unpaired) electrons. The summed E-state index contributed by atoms with van der Waals surface area (Å²) in [6.45, 7) is 14.7. The fraction of sp³-hybridized carbons (Fsp3) is 0.417. The van der Waals surface area contributed by atoms with E-state index >= 15 is 0 Å². The lowest BCUT2D eigenvalue weighted by atomic mass is 10.0. The Morgan fingerprint density at radius 1 is 0.846 bits per heavy atom.